The third-order valence-electron chi connectivity index (χ3n) is 4.50. The topological polar surface area (TPSA) is 75.3 Å². The molecule has 0 heterocycles. The van der Waals surface area contributed by atoms with Gasteiger partial charge in [-0.15, -0.1) is 0 Å². The molecule has 138 valence electrons. The van der Waals surface area contributed by atoms with Crippen molar-refractivity contribution in [1.29, 1.82) is 0 Å². The highest BCUT2D eigenvalue weighted by atomic mass is 79.9. The van der Waals surface area contributed by atoms with E-state index in [1.807, 2.05) is 0 Å². The Morgan fingerprint density at radius 1 is 0.885 bits per heavy atom. The number of carbonyl (C=O) groups excluding carboxylic acids is 1. The number of sulfonamides is 1. The van der Waals surface area contributed by atoms with E-state index in [9.17, 15) is 13.2 Å². The van der Waals surface area contributed by atoms with Crippen LogP contribution in [0, 0.1) is 5.92 Å². The number of anilines is 2. The standard InChI is InChI=1S/C19H21BrN2O3S/c20-15-6-8-17(9-7-15)22-26(24,25)18-12-10-16(11-13-18)21-19(23)14-4-2-1-3-5-14/h6-14,22H,1-5H2,(H,21,23). The summed E-state index contributed by atoms with van der Waals surface area (Å²) in [5.41, 5.74) is 1.10. The van der Waals surface area contributed by atoms with Crippen molar-refractivity contribution in [2.75, 3.05) is 10.0 Å². The minimum Gasteiger partial charge on any atom is -0.326 e. The molecule has 0 unspecified atom stereocenters. The Bertz CT molecular complexity index is 859. The van der Waals surface area contributed by atoms with Gasteiger partial charge in [-0.25, -0.2) is 8.42 Å². The van der Waals surface area contributed by atoms with Crippen LogP contribution in [0.4, 0.5) is 11.4 Å². The number of amides is 1. The second-order valence-corrected chi connectivity index (χ2v) is 9.06. The van der Waals surface area contributed by atoms with E-state index >= 15 is 0 Å². The molecular formula is C19H21BrN2O3S. The van der Waals surface area contributed by atoms with Crippen molar-refractivity contribution < 1.29 is 13.2 Å². The van der Waals surface area contributed by atoms with Crippen LogP contribution in [0.1, 0.15) is 32.1 Å². The van der Waals surface area contributed by atoms with E-state index in [1.165, 1.54) is 18.6 Å². The Morgan fingerprint density at radius 3 is 2.08 bits per heavy atom. The van der Waals surface area contributed by atoms with Crippen molar-refractivity contribution in [3.05, 3.63) is 53.0 Å². The molecule has 0 atom stereocenters. The van der Waals surface area contributed by atoms with Gasteiger partial charge in [0, 0.05) is 21.8 Å². The van der Waals surface area contributed by atoms with Gasteiger partial charge in [0.2, 0.25) is 5.91 Å². The zero-order valence-corrected chi connectivity index (χ0v) is 16.6. The van der Waals surface area contributed by atoms with Crippen LogP contribution in [0.3, 0.4) is 0 Å². The molecule has 0 spiro atoms. The Balaban J connectivity index is 1.66. The number of nitrogens with one attached hydrogen (secondary N) is 2. The first-order valence-corrected chi connectivity index (χ1v) is 10.9. The summed E-state index contributed by atoms with van der Waals surface area (Å²) in [5.74, 6) is 0.0829. The monoisotopic (exact) mass is 436 g/mol. The number of carbonyl (C=O) groups is 1. The fourth-order valence-corrected chi connectivity index (χ4v) is 4.38. The van der Waals surface area contributed by atoms with Crippen molar-refractivity contribution in [2.45, 2.75) is 37.0 Å². The summed E-state index contributed by atoms with van der Waals surface area (Å²) < 4.78 is 28.3. The van der Waals surface area contributed by atoms with Crippen molar-refractivity contribution in [2.24, 2.45) is 5.92 Å². The number of benzene rings is 2. The number of halogens is 1. The molecule has 0 radical (unpaired) electrons. The van der Waals surface area contributed by atoms with E-state index in [4.69, 9.17) is 0 Å². The van der Waals surface area contributed by atoms with Gasteiger partial charge in [0.05, 0.1) is 4.90 Å². The fraction of sp³-hybridized carbons (Fsp3) is 0.316. The van der Waals surface area contributed by atoms with Gasteiger partial charge in [-0.2, -0.15) is 0 Å². The van der Waals surface area contributed by atoms with E-state index < -0.39 is 10.0 Å². The van der Waals surface area contributed by atoms with Crippen molar-refractivity contribution in [1.82, 2.24) is 0 Å². The lowest BCUT2D eigenvalue weighted by Gasteiger charge is -2.20. The molecule has 1 aliphatic carbocycles. The SMILES string of the molecule is O=C(Nc1ccc(S(=O)(=O)Nc2ccc(Br)cc2)cc1)C1CCCCC1. The molecular weight excluding hydrogens is 416 g/mol. The van der Waals surface area contributed by atoms with Crippen molar-refractivity contribution in [3.63, 3.8) is 0 Å². The van der Waals surface area contributed by atoms with Crippen LogP contribution in [-0.4, -0.2) is 14.3 Å². The van der Waals surface area contributed by atoms with E-state index in [0.717, 1.165) is 30.2 Å². The maximum atomic E-state index is 12.5. The van der Waals surface area contributed by atoms with Gasteiger partial charge in [-0.3, -0.25) is 9.52 Å². The summed E-state index contributed by atoms with van der Waals surface area (Å²) in [7, 11) is -3.67. The third-order valence-corrected chi connectivity index (χ3v) is 6.43. The molecule has 0 aromatic heterocycles. The molecule has 0 bridgehead atoms. The Morgan fingerprint density at radius 2 is 1.46 bits per heavy atom. The second kappa shape index (κ2) is 8.22. The maximum absolute atomic E-state index is 12.5. The van der Waals surface area contributed by atoms with Crippen LogP contribution in [0.5, 0.6) is 0 Å². The zero-order valence-electron chi connectivity index (χ0n) is 14.2. The molecule has 1 amide bonds. The smallest absolute Gasteiger partial charge is 0.261 e. The van der Waals surface area contributed by atoms with Crippen LogP contribution in [0.2, 0.25) is 0 Å². The van der Waals surface area contributed by atoms with Crippen molar-refractivity contribution >= 4 is 43.2 Å². The maximum Gasteiger partial charge on any atom is 0.261 e. The molecule has 2 aromatic rings. The largest absolute Gasteiger partial charge is 0.326 e. The van der Waals surface area contributed by atoms with E-state index in [1.54, 1.807) is 36.4 Å². The first-order chi connectivity index (χ1) is 12.4. The zero-order chi connectivity index (χ0) is 18.6. The highest BCUT2D eigenvalue weighted by Crippen LogP contribution is 2.25. The molecule has 7 heteroatoms. The third kappa shape index (κ3) is 4.86. The predicted octanol–water partition coefficient (Wildman–Crippen LogP) is 4.77. The van der Waals surface area contributed by atoms with Crippen LogP contribution in [0.15, 0.2) is 57.9 Å². The number of hydrogen-bond donors (Lipinski definition) is 2. The highest BCUT2D eigenvalue weighted by Gasteiger charge is 2.21. The van der Waals surface area contributed by atoms with E-state index in [-0.39, 0.29) is 16.7 Å². The quantitative estimate of drug-likeness (QED) is 0.708. The molecule has 0 aliphatic heterocycles. The van der Waals surface area contributed by atoms with Crippen LogP contribution in [-0.2, 0) is 14.8 Å². The molecule has 2 aromatic carbocycles. The summed E-state index contributed by atoms with van der Waals surface area (Å²) in [4.78, 5) is 12.4. The van der Waals surface area contributed by atoms with Gasteiger partial charge in [0.1, 0.15) is 0 Å². The second-order valence-electron chi connectivity index (χ2n) is 6.46. The van der Waals surface area contributed by atoms with Crippen molar-refractivity contribution in [3.8, 4) is 0 Å². The molecule has 1 saturated carbocycles. The highest BCUT2D eigenvalue weighted by molar-refractivity contribution is 9.10. The van der Waals surface area contributed by atoms with E-state index in [2.05, 4.69) is 26.0 Å². The summed E-state index contributed by atoms with van der Waals surface area (Å²) in [6.45, 7) is 0. The van der Waals surface area contributed by atoms with Gasteiger partial charge < -0.3 is 5.32 Å². The first-order valence-electron chi connectivity index (χ1n) is 8.63. The van der Waals surface area contributed by atoms with Gasteiger partial charge in [-0.05, 0) is 61.4 Å². The fourth-order valence-electron chi connectivity index (χ4n) is 3.06. The van der Waals surface area contributed by atoms with Crippen LogP contribution >= 0.6 is 15.9 Å². The van der Waals surface area contributed by atoms with E-state index in [0.29, 0.717) is 11.4 Å². The van der Waals surface area contributed by atoms with Gasteiger partial charge in [0.15, 0.2) is 0 Å². The minimum atomic E-state index is -3.67. The molecule has 5 nitrogen and oxygen atoms in total. The Labute approximate surface area is 162 Å². The summed E-state index contributed by atoms with van der Waals surface area (Å²) >= 11 is 3.31. The molecule has 0 saturated heterocycles. The van der Waals surface area contributed by atoms with Crippen LogP contribution in [0.25, 0.3) is 0 Å². The minimum absolute atomic E-state index is 0.0216. The summed E-state index contributed by atoms with van der Waals surface area (Å²) in [5, 5.41) is 2.89. The number of rotatable bonds is 5. The Kier molecular flexibility index (Phi) is 5.98. The summed E-state index contributed by atoms with van der Waals surface area (Å²) in [6, 6.07) is 13.1. The first kappa shape index (κ1) is 18.9. The van der Waals surface area contributed by atoms with Gasteiger partial charge in [-0.1, -0.05) is 35.2 Å². The lowest BCUT2D eigenvalue weighted by molar-refractivity contribution is -0.120. The lowest BCUT2D eigenvalue weighted by atomic mass is 9.88. The average Bonchev–Trinajstić information content (AvgIpc) is 2.64. The molecule has 3 rings (SSSR count). The molecule has 1 fully saturated rings. The predicted molar refractivity (Wildman–Crippen MR) is 107 cm³/mol. The average molecular weight is 437 g/mol. The molecule has 26 heavy (non-hydrogen) atoms. The lowest BCUT2D eigenvalue weighted by Crippen LogP contribution is -2.24. The molecule has 2 N–H and O–H groups in total. The molecule has 1 aliphatic rings. The number of hydrogen-bond acceptors (Lipinski definition) is 3. The van der Waals surface area contributed by atoms with Gasteiger partial charge >= 0.3 is 0 Å². The Hall–Kier alpha value is -1.86. The summed E-state index contributed by atoms with van der Waals surface area (Å²) in [6.07, 6.45) is 5.24. The van der Waals surface area contributed by atoms with Gasteiger partial charge in [0.25, 0.3) is 10.0 Å². The van der Waals surface area contributed by atoms with Crippen LogP contribution < -0.4 is 10.0 Å². The normalized spacial score (nSPS) is 15.4.